The van der Waals surface area contributed by atoms with Gasteiger partial charge in [-0.05, 0) is 46.8 Å². The Kier molecular flexibility index (Phi) is 4.54. The smallest absolute Gasteiger partial charge is 0.139 e. The summed E-state index contributed by atoms with van der Waals surface area (Å²) in [6, 6.07) is 5.80. The second-order valence-corrected chi connectivity index (χ2v) is 5.60. The van der Waals surface area contributed by atoms with Gasteiger partial charge in [0.25, 0.3) is 0 Å². The molecule has 0 aliphatic heterocycles. The van der Waals surface area contributed by atoms with Crippen LogP contribution in [0.1, 0.15) is 32.1 Å². The van der Waals surface area contributed by atoms with Crippen molar-refractivity contribution in [3.05, 3.63) is 27.7 Å². The van der Waals surface area contributed by atoms with Crippen molar-refractivity contribution in [3.63, 3.8) is 0 Å². The molecule has 0 spiro atoms. The maximum absolute atomic E-state index is 6.14. The number of halogens is 2. The first-order chi connectivity index (χ1) is 7.77. The van der Waals surface area contributed by atoms with E-state index >= 15 is 0 Å². The molecule has 3 heteroatoms. The van der Waals surface area contributed by atoms with Gasteiger partial charge in [-0.15, -0.1) is 0 Å². The fraction of sp³-hybridized carbons (Fsp3) is 0.538. The largest absolute Gasteiger partial charge is 0.492 e. The van der Waals surface area contributed by atoms with E-state index in [-0.39, 0.29) is 0 Å². The number of rotatable bonds is 3. The van der Waals surface area contributed by atoms with Crippen LogP contribution in [0.2, 0.25) is 5.02 Å². The lowest BCUT2D eigenvalue weighted by Gasteiger charge is -2.22. The summed E-state index contributed by atoms with van der Waals surface area (Å²) < 4.78 is 6.69. The van der Waals surface area contributed by atoms with E-state index in [1.165, 1.54) is 32.1 Å². The van der Waals surface area contributed by atoms with Crippen molar-refractivity contribution in [2.75, 3.05) is 6.61 Å². The highest BCUT2D eigenvalue weighted by Gasteiger charge is 2.14. The fourth-order valence-corrected chi connectivity index (χ4v) is 2.69. The van der Waals surface area contributed by atoms with E-state index in [9.17, 15) is 0 Å². The van der Waals surface area contributed by atoms with Gasteiger partial charge in [-0.2, -0.15) is 0 Å². The molecular formula is C13H16BrClO. The van der Waals surface area contributed by atoms with Crippen LogP contribution in [-0.2, 0) is 0 Å². The standard InChI is InChI=1S/C13H16BrClO/c14-11-7-4-8-12(13(11)15)16-9-10-5-2-1-3-6-10/h4,7-8,10H,1-3,5-6,9H2. The minimum Gasteiger partial charge on any atom is -0.492 e. The maximum Gasteiger partial charge on any atom is 0.139 e. The molecule has 1 saturated carbocycles. The highest BCUT2D eigenvalue weighted by Crippen LogP contribution is 2.33. The van der Waals surface area contributed by atoms with Crippen molar-refractivity contribution in [3.8, 4) is 5.75 Å². The first kappa shape index (κ1) is 12.3. The van der Waals surface area contributed by atoms with Crippen molar-refractivity contribution in [1.29, 1.82) is 0 Å². The summed E-state index contributed by atoms with van der Waals surface area (Å²) in [4.78, 5) is 0. The summed E-state index contributed by atoms with van der Waals surface area (Å²) in [6.07, 6.45) is 6.67. The number of hydrogen-bond donors (Lipinski definition) is 0. The Morgan fingerprint density at radius 2 is 2.00 bits per heavy atom. The van der Waals surface area contributed by atoms with Gasteiger partial charge in [-0.1, -0.05) is 36.9 Å². The summed E-state index contributed by atoms with van der Waals surface area (Å²) in [5.41, 5.74) is 0. The normalized spacial score (nSPS) is 17.4. The summed E-state index contributed by atoms with van der Waals surface area (Å²) in [5, 5.41) is 0.679. The first-order valence-electron chi connectivity index (χ1n) is 5.84. The molecule has 0 radical (unpaired) electrons. The molecular weight excluding hydrogens is 287 g/mol. The van der Waals surface area contributed by atoms with Crippen LogP contribution in [0.3, 0.4) is 0 Å². The van der Waals surface area contributed by atoms with Crippen LogP contribution in [0.4, 0.5) is 0 Å². The molecule has 0 heterocycles. The molecule has 1 aliphatic rings. The maximum atomic E-state index is 6.14. The number of benzene rings is 1. The zero-order valence-corrected chi connectivity index (χ0v) is 11.6. The van der Waals surface area contributed by atoms with E-state index in [0.717, 1.165) is 16.8 Å². The Morgan fingerprint density at radius 1 is 1.25 bits per heavy atom. The second kappa shape index (κ2) is 5.92. The molecule has 0 N–H and O–H groups in total. The van der Waals surface area contributed by atoms with Crippen molar-refractivity contribution in [1.82, 2.24) is 0 Å². The highest BCUT2D eigenvalue weighted by atomic mass is 79.9. The average molecular weight is 304 g/mol. The van der Waals surface area contributed by atoms with Gasteiger partial charge in [-0.25, -0.2) is 0 Å². The molecule has 1 aromatic carbocycles. The molecule has 1 nitrogen and oxygen atoms in total. The Balaban J connectivity index is 1.91. The van der Waals surface area contributed by atoms with Crippen LogP contribution in [0, 0.1) is 5.92 Å². The molecule has 16 heavy (non-hydrogen) atoms. The Morgan fingerprint density at radius 3 is 2.75 bits per heavy atom. The monoisotopic (exact) mass is 302 g/mol. The predicted octanol–water partition coefficient (Wildman–Crippen LogP) is 5.06. The van der Waals surface area contributed by atoms with E-state index in [4.69, 9.17) is 16.3 Å². The molecule has 1 aliphatic carbocycles. The van der Waals surface area contributed by atoms with Gasteiger partial charge in [0, 0.05) is 4.47 Å². The third-order valence-electron chi connectivity index (χ3n) is 3.12. The number of hydrogen-bond acceptors (Lipinski definition) is 1. The quantitative estimate of drug-likeness (QED) is 0.758. The Hall–Kier alpha value is -0.210. The molecule has 0 unspecified atom stereocenters. The summed E-state index contributed by atoms with van der Waals surface area (Å²) >= 11 is 9.54. The Bertz CT molecular complexity index is 348. The zero-order valence-electron chi connectivity index (χ0n) is 9.22. The van der Waals surface area contributed by atoms with E-state index in [1.54, 1.807) is 0 Å². The van der Waals surface area contributed by atoms with Gasteiger partial charge in [0.05, 0.1) is 11.6 Å². The van der Waals surface area contributed by atoms with Gasteiger partial charge < -0.3 is 4.74 Å². The lowest BCUT2D eigenvalue weighted by Crippen LogP contribution is -2.15. The van der Waals surface area contributed by atoms with Crippen LogP contribution in [0.5, 0.6) is 5.75 Å². The lowest BCUT2D eigenvalue weighted by molar-refractivity contribution is 0.209. The van der Waals surface area contributed by atoms with E-state index in [2.05, 4.69) is 15.9 Å². The third-order valence-corrected chi connectivity index (χ3v) is 4.39. The average Bonchev–Trinajstić information content (AvgIpc) is 2.32. The molecule has 0 bridgehead atoms. The topological polar surface area (TPSA) is 9.23 Å². The van der Waals surface area contributed by atoms with Crippen molar-refractivity contribution in [2.45, 2.75) is 32.1 Å². The van der Waals surface area contributed by atoms with Crippen molar-refractivity contribution < 1.29 is 4.74 Å². The molecule has 1 aromatic rings. The SMILES string of the molecule is Clc1c(Br)cccc1OCC1CCCCC1. The molecule has 88 valence electrons. The summed E-state index contributed by atoms with van der Waals surface area (Å²) in [7, 11) is 0. The minimum atomic E-state index is 0.679. The summed E-state index contributed by atoms with van der Waals surface area (Å²) in [5.74, 6) is 1.51. The molecule has 0 amide bonds. The van der Waals surface area contributed by atoms with E-state index < -0.39 is 0 Å². The first-order valence-corrected chi connectivity index (χ1v) is 7.01. The molecule has 1 fully saturated rings. The van der Waals surface area contributed by atoms with Gasteiger partial charge in [-0.3, -0.25) is 0 Å². The van der Waals surface area contributed by atoms with Gasteiger partial charge in [0.1, 0.15) is 5.75 Å². The second-order valence-electron chi connectivity index (χ2n) is 4.37. The van der Waals surface area contributed by atoms with Gasteiger partial charge in [0.15, 0.2) is 0 Å². The molecule has 2 rings (SSSR count). The van der Waals surface area contributed by atoms with E-state index in [1.807, 2.05) is 18.2 Å². The van der Waals surface area contributed by atoms with Crippen molar-refractivity contribution in [2.24, 2.45) is 5.92 Å². The molecule has 0 saturated heterocycles. The van der Waals surface area contributed by atoms with Crippen LogP contribution < -0.4 is 4.74 Å². The zero-order chi connectivity index (χ0) is 11.4. The van der Waals surface area contributed by atoms with Crippen LogP contribution in [-0.4, -0.2) is 6.61 Å². The van der Waals surface area contributed by atoms with Gasteiger partial charge in [0.2, 0.25) is 0 Å². The molecule has 0 atom stereocenters. The van der Waals surface area contributed by atoms with Crippen molar-refractivity contribution >= 4 is 27.5 Å². The lowest BCUT2D eigenvalue weighted by atomic mass is 9.90. The summed E-state index contributed by atoms with van der Waals surface area (Å²) in [6.45, 7) is 0.802. The number of ether oxygens (including phenoxy) is 1. The van der Waals surface area contributed by atoms with E-state index in [0.29, 0.717) is 10.9 Å². The molecule has 0 aromatic heterocycles. The highest BCUT2D eigenvalue weighted by molar-refractivity contribution is 9.10. The van der Waals surface area contributed by atoms with Crippen LogP contribution in [0.15, 0.2) is 22.7 Å². The van der Waals surface area contributed by atoms with Gasteiger partial charge >= 0.3 is 0 Å². The fourth-order valence-electron chi connectivity index (χ4n) is 2.16. The third kappa shape index (κ3) is 3.14. The Labute approximate surface area is 110 Å². The van der Waals surface area contributed by atoms with Crippen LogP contribution >= 0.6 is 27.5 Å². The van der Waals surface area contributed by atoms with Crippen LogP contribution in [0.25, 0.3) is 0 Å². The predicted molar refractivity (Wildman–Crippen MR) is 71.2 cm³/mol. The minimum absolute atomic E-state index is 0.679.